The van der Waals surface area contributed by atoms with E-state index in [2.05, 4.69) is 21.6 Å². The van der Waals surface area contributed by atoms with Gasteiger partial charge in [0.25, 0.3) is 5.91 Å². The summed E-state index contributed by atoms with van der Waals surface area (Å²) in [5, 5.41) is 21.4. The molecular weight excluding hydrogens is 434 g/mol. The molecule has 0 radical (unpaired) electrons. The third kappa shape index (κ3) is 5.59. The number of carbonyl (C=O) groups is 1. The number of carbonyl (C=O) groups excluding carboxylic acids is 1. The van der Waals surface area contributed by atoms with Gasteiger partial charge in [0.15, 0.2) is 17.6 Å². The minimum Gasteiger partial charge on any atom is -0.484 e. The zero-order valence-corrected chi connectivity index (χ0v) is 18.7. The quantitative estimate of drug-likeness (QED) is 0.388. The topological polar surface area (TPSA) is 92.8 Å². The fourth-order valence-electron chi connectivity index (χ4n) is 3.15. The Morgan fingerprint density at radius 1 is 1.03 bits per heavy atom. The molecule has 1 amide bonds. The highest BCUT2D eigenvalue weighted by Gasteiger charge is 2.13. The molecule has 3 aromatic carbocycles. The molecule has 4 aromatic rings. The predicted octanol–water partition coefficient (Wildman–Crippen LogP) is 4.66. The van der Waals surface area contributed by atoms with Crippen molar-refractivity contribution in [2.45, 2.75) is 10.9 Å². The summed E-state index contributed by atoms with van der Waals surface area (Å²) >= 11 is 1.53. The average molecular weight is 456 g/mol. The van der Waals surface area contributed by atoms with E-state index in [4.69, 9.17) is 4.74 Å². The van der Waals surface area contributed by atoms with Gasteiger partial charge in [-0.3, -0.25) is 4.79 Å². The second kappa shape index (κ2) is 10.5. The lowest BCUT2D eigenvalue weighted by molar-refractivity contribution is -0.118. The zero-order valence-electron chi connectivity index (χ0n) is 17.9. The predicted molar refractivity (Wildman–Crippen MR) is 128 cm³/mol. The fraction of sp³-hybridized carbons (Fsp3) is 0.120. The van der Waals surface area contributed by atoms with E-state index in [0.29, 0.717) is 22.8 Å². The summed E-state index contributed by atoms with van der Waals surface area (Å²) in [6.07, 6.45) is 0. The van der Waals surface area contributed by atoms with E-state index in [-0.39, 0.29) is 12.5 Å². The number of nitrogens with one attached hydrogen (secondary N) is 1. The number of hydrogen-bond acceptors (Lipinski definition) is 6. The molecule has 0 unspecified atom stereocenters. The van der Waals surface area contributed by atoms with Crippen molar-refractivity contribution in [3.8, 4) is 23.2 Å². The molecule has 33 heavy (non-hydrogen) atoms. The van der Waals surface area contributed by atoms with Crippen LogP contribution in [-0.2, 0) is 17.6 Å². The van der Waals surface area contributed by atoms with Crippen molar-refractivity contribution in [3.05, 3.63) is 90.0 Å². The molecule has 0 saturated carbocycles. The van der Waals surface area contributed by atoms with E-state index in [9.17, 15) is 10.1 Å². The van der Waals surface area contributed by atoms with Crippen LogP contribution in [0.15, 0.2) is 84.0 Å². The first-order valence-electron chi connectivity index (χ1n) is 10.2. The van der Waals surface area contributed by atoms with Crippen molar-refractivity contribution in [3.63, 3.8) is 0 Å². The largest absolute Gasteiger partial charge is 0.484 e. The van der Waals surface area contributed by atoms with Gasteiger partial charge in [0.2, 0.25) is 0 Å². The summed E-state index contributed by atoms with van der Waals surface area (Å²) in [7, 11) is 1.91. The summed E-state index contributed by atoms with van der Waals surface area (Å²) < 4.78 is 7.38. The van der Waals surface area contributed by atoms with Crippen molar-refractivity contribution in [2.24, 2.45) is 7.05 Å². The fourth-order valence-corrected chi connectivity index (χ4v) is 4.07. The third-order valence-electron chi connectivity index (χ3n) is 4.87. The second-order valence-electron chi connectivity index (χ2n) is 7.15. The number of nitrogens with zero attached hydrogens (tertiary/aromatic N) is 4. The number of nitriles is 1. The summed E-state index contributed by atoms with van der Waals surface area (Å²) in [6, 6.07) is 26.4. The normalized spacial score (nSPS) is 10.4. The Morgan fingerprint density at radius 3 is 2.52 bits per heavy atom. The summed E-state index contributed by atoms with van der Waals surface area (Å²) in [5.74, 6) is 1.76. The summed E-state index contributed by atoms with van der Waals surface area (Å²) in [5.41, 5.74) is 3.18. The summed E-state index contributed by atoms with van der Waals surface area (Å²) in [4.78, 5) is 12.1. The van der Waals surface area contributed by atoms with Crippen LogP contribution in [0.25, 0.3) is 11.4 Å². The Hall–Kier alpha value is -4.09. The van der Waals surface area contributed by atoms with E-state index in [0.717, 1.165) is 22.1 Å². The molecule has 1 aromatic heterocycles. The van der Waals surface area contributed by atoms with Crippen LogP contribution in [-0.4, -0.2) is 27.3 Å². The standard InChI is InChI=1S/C25H21N5O2S/c1-30-24(28-29-25(30)33-17-20-8-6-5-7-19(20)15-26)18-11-13-21(14-12-18)27-23(31)16-32-22-9-3-2-4-10-22/h2-14H,16-17H2,1H3,(H,27,31). The molecular formula is C25H21N5O2S. The molecule has 0 spiro atoms. The van der Waals surface area contributed by atoms with Crippen LogP contribution in [0, 0.1) is 11.3 Å². The Bertz CT molecular complexity index is 1280. The number of thioether (sulfide) groups is 1. The van der Waals surface area contributed by atoms with Gasteiger partial charge in [-0.1, -0.05) is 48.2 Å². The number of anilines is 1. The van der Waals surface area contributed by atoms with Crippen molar-refractivity contribution < 1.29 is 9.53 Å². The van der Waals surface area contributed by atoms with Crippen molar-refractivity contribution in [1.82, 2.24) is 14.8 Å². The molecule has 0 atom stereocenters. The average Bonchev–Trinajstić information content (AvgIpc) is 3.23. The van der Waals surface area contributed by atoms with E-state index < -0.39 is 0 Å². The molecule has 8 heteroatoms. The number of benzene rings is 3. The van der Waals surface area contributed by atoms with Crippen LogP contribution < -0.4 is 10.1 Å². The van der Waals surface area contributed by atoms with E-state index in [1.165, 1.54) is 11.8 Å². The maximum Gasteiger partial charge on any atom is 0.262 e. The first-order chi connectivity index (χ1) is 16.1. The molecule has 164 valence electrons. The third-order valence-corrected chi connectivity index (χ3v) is 5.94. The Labute approximate surface area is 196 Å². The number of rotatable bonds is 8. The Morgan fingerprint density at radius 2 is 1.76 bits per heavy atom. The van der Waals surface area contributed by atoms with Gasteiger partial charge < -0.3 is 14.6 Å². The van der Waals surface area contributed by atoms with Crippen LogP contribution in [0.5, 0.6) is 5.75 Å². The van der Waals surface area contributed by atoms with Crippen molar-refractivity contribution in [1.29, 1.82) is 5.26 Å². The second-order valence-corrected chi connectivity index (χ2v) is 8.09. The monoisotopic (exact) mass is 455 g/mol. The highest BCUT2D eigenvalue weighted by Crippen LogP contribution is 2.27. The minimum atomic E-state index is -0.235. The Balaban J connectivity index is 1.36. The maximum absolute atomic E-state index is 12.1. The van der Waals surface area contributed by atoms with Crippen LogP contribution in [0.2, 0.25) is 0 Å². The van der Waals surface area contributed by atoms with E-state index in [1.807, 2.05) is 78.3 Å². The molecule has 0 aliphatic carbocycles. The molecule has 0 aliphatic rings. The maximum atomic E-state index is 12.1. The van der Waals surface area contributed by atoms with Crippen LogP contribution in [0.3, 0.4) is 0 Å². The first kappa shape index (κ1) is 22.1. The van der Waals surface area contributed by atoms with Crippen LogP contribution >= 0.6 is 11.8 Å². The van der Waals surface area contributed by atoms with Gasteiger partial charge in [-0.15, -0.1) is 10.2 Å². The number of hydrogen-bond donors (Lipinski definition) is 1. The van der Waals surface area contributed by atoms with E-state index >= 15 is 0 Å². The van der Waals surface area contributed by atoms with Gasteiger partial charge in [0.05, 0.1) is 11.6 Å². The van der Waals surface area contributed by atoms with Gasteiger partial charge in [-0.2, -0.15) is 5.26 Å². The lowest BCUT2D eigenvalue weighted by Crippen LogP contribution is -2.20. The first-order valence-corrected chi connectivity index (χ1v) is 11.2. The highest BCUT2D eigenvalue weighted by molar-refractivity contribution is 7.98. The number of aromatic nitrogens is 3. The zero-order chi connectivity index (χ0) is 23.0. The van der Waals surface area contributed by atoms with Crippen molar-refractivity contribution >= 4 is 23.4 Å². The number of para-hydroxylation sites is 1. The minimum absolute atomic E-state index is 0.0649. The van der Waals surface area contributed by atoms with Gasteiger partial charge in [-0.05, 0) is 48.0 Å². The molecule has 0 bridgehead atoms. The van der Waals surface area contributed by atoms with Gasteiger partial charge in [-0.25, -0.2) is 0 Å². The molecule has 1 N–H and O–H groups in total. The SMILES string of the molecule is Cn1c(SCc2ccccc2C#N)nnc1-c1ccc(NC(=O)COc2ccccc2)cc1. The Kier molecular flexibility index (Phi) is 7.03. The van der Waals surface area contributed by atoms with Crippen LogP contribution in [0.4, 0.5) is 5.69 Å². The van der Waals surface area contributed by atoms with E-state index in [1.54, 1.807) is 12.1 Å². The summed E-state index contributed by atoms with van der Waals surface area (Å²) in [6.45, 7) is -0.0649. The highest BCUT2D eigenvalue weighted by atomic mass is 32.2. The number of amides is 1. The molecule has 7 nitrogen and oxygen atoms in total. The lowest BCUT2D eigenvalue weighted by Gasteiger charge is -2.08. The molecule has 0 aliphatic heterocycles. The number of ether oxygens (including phenoxy) is 1. The molecule has 0 fully saturated rings. The molecule has 1 heterocycles. The van der Waals surface area contributed by atoms with Gasteiger partial charge in [0, 0.05) is 24.1 Å². The smallest absolute Gasteiger partial charge is 0.262 e. The van der Waals surface area contributed by atoms with Crippen LogP contribution in [0.1, 0.15) is 11.1 Å². The lowest BCUT2D eigenvalue weighted by atomic mass is 10.1. The molecule has 4 rings (SSSR count). The molecule has 0 saturated heterocycles. The van der Waals surface area contributed by atoms with Gasteiger partial charge in [0.1, 0.15) is 5.75 Å². The van der Waals surface area contributed by atoms with Gasteiger partial charge >= 0.3 is 0 Å². The van der Waals surface area contributed by atoms with Crippen molar-refractivity contribution in [2.75, 3.05) is 11.9 Å².